The lowest BCUT2D eigenvalue weighted by Gasteiger charge is -2.09. The van der Waals surface area contributed by atoms with Crippen molar-refractivity contribution >= 4 is 5.97 Å². The smallest absolute Gasteiger partial charge is 0.416 e. The normalized spacial score (nSPS) is 12.6. The van der Waals surface area contributed by atoms with E-state index < -0.39 is 23.8 Å². The fourth-order valence-corrected chi connectivity index (χ4v) is 2.55. The minimum absolute atomic E-state index is 0.00622. The van der Waals surface area contributed by atoms with E-state index in [1.807, 2.05) is 30.3 Å². The maximum atomic E-state index is 12.8. The number of alkyl halides is 3. The molecule has 8 heteroatoms. The van der Waals surface area contributed by atoms with Crippen LogP contribution in [0.15, 0.2) is 59.1 Å². The Kier molecular flexibility index (Phi) is 5.77. The second kappa shape index (κ2) is 8.24. The molecule has 0 fully saturated rings. The van der Waals surface area contributed by atoms with Gasteiger partial charge in [0.2, 0.25) is 5.82 Å². The summed E-state index contributed by atoms with van der Waals surface area (Å²) in [5, 5.41) is 3.69. The molecule has 1 heterocycles. The van der Waals surface area contributed by atoms with Gasteiger partial charge in [-0.25, -0.2) is 0 Å². The molecule has 0 saturated carbocycles. The van der Waals surface area contributed by atoms with Gasteiger partial charge in [0.25, 0.3) is 5.89 Å². The van der Waals surface area contributed by atoms with Crippen LogP contribution in [0, 0.1) is 0 Å². The minimum atomic E-state index is -4.47. The van der Waals surface area contributed by atoms with E-state index in [4.69, 9.17) is 9.26 Å². The van der Waals surface area contributed by atoms with Gasteiger partial charge in [-0.3, -0.25) is 4.79 Å². The molecule has 0 spiro atoms. The molecule has 146 valence electrons. The second-order valence-electron chi connectivity index (χ2n) is 6.15. The Hall–Kier alpha value is -3.16. The summed E-state index contributed by atoms with van der Waals surface area (Å²) in [4.78, 5) is 16.0. The Bertz CT molecular complexity index is 939. The van der Waals surface area contributed by atoms with E-state index >= 15 is 0 Å². The summed E-state index contributed by atoms with van der Waals surface area (Å²) in [6.45, 7) is 1.56. The molecule has 3 aromatic rings. The SMILES string of the molecule is CC(OC(=O)CCc1ccccc1)c1nc(-c2cccc(C(F)(F)F)c2)no1. The summed E-state index contributed by atoms with van der Waals surface area (Å²) in [7, 11) is 0. The first-order valence-corrected chi connectivity index (χ1v) is 8.57. The van der Waals surface area contributed by atoms with E-state index in [9.17, 15) is 18.0 Å². The zero-order chi connectivity index (χ0) is 20.1. The van der Waals surface area contributed by atoms with Crippen LogP contribution in [0.2, 0.25) is 0 Å². The van der Waals surface area contributed by atoms with Crippen LogP contribution in [0.1, 0.15) is 36.5 Å². The van der Waals surface area contributed by atoms with Crippen LogP contribution >= 0.6 is 0 Å². The molecule has 5 nitrogen and oxygen atoms in total. The number of rotatable bonds is 6. The van der Waals surface area contributed by atoms with Crippen LogP contribution in [0.4, 0.5) is 13.2 Å². The number of carbonyl (C=O) groups is 1. The maximum absolute atomic E-state index is 12.8. The molecule has 28 heavy (non-hydrogen) atoms. The predicted octanol–water partition coefficient (Wildman–Crippen LogP) is 4.99. The monoisotopic (exact) mass is 390 g/mol. The lowest BCUT2D eigenvalue weighted by Crippen LogP contribution is -2.10. The third-order valence-corrected chi connectivity index (χ3v) is 4.01. The number of ether oxygens (including phenoxy) is 1. The van der Waals surface area contributed by atoms with Crippen LogP contribution in [0.5, 0.6) is 0 Å². The number of hydrogen-bond acceptors (Lipinski definition) is 5. The number of carbonyl (C=O) groups excluding carboxylic acids is 1. The summed E-state index contributed by atoms with van der Waals surface area (Å²) >= 11 is 0. The Morgan fingerprint density at radius 3 is 2.61 bits per heavy atom. The lowest BCUT2D eigenvalue weighted by molar-refractivity contribution is -0.149. The van der Waals surface area contributed by atoms with Crippen molar-refractivity contribution in [1.82, 2.24) is 10.1 Å². The molecule has 0 aliphatic heterocycles. The van der Waals surface area contributed by atoms with Gasteiger partial charge in [-0.1, -0.05) is 47.6 Å². The van der Waals surface area contributed by atoms with Gasteiger partial charge in [-0.05, 0) is 31.0 Å². The second-order valence-corrected chi connectivity index (χ2v) is 6.15. The van der Waals surface area contributed by atoms with Crippen LogP contribution in [0.25, 0.3) is 11.4 Å². The average Bonchev–Trinajstić information content (AvgIpc) is 3.17. The van der Waals surface area contributed by atoms with E-state index in [2.05, 4.69) is 10.1 Å². The van der Waals surface area contributed by atoms with E-state index in [1.54, 1.807) is 6.92 Å². The first-order chi connectivity index (χ1) is 13.3. The van der Waals surface area contributed by atoms with Gasteiger partial charge < -0.3 is 9.26 Å². The molecule has 1 atom stereocenters. The van der Waals surface area contributed by atoms with Crippen LogP contribution in [-0.2, 0) is 22.1 Å². The van der Waals surface area contributed by atoms with E-state index in [-0.39, 0.29) is 23.7 Å². The van der Waals surface area contributed by atoms with Crippen molar-refractivity contribution < 1.29 is 27.2 Å². The van der Waals surface area contributed by atoms with Crippen molar-refractivity contribution in [2.75, 3.05) is 0 Å². The summed E-state index contributed by atoms with van der Waals surface area (Å²) in [6, 6.07) is 14.1. The van der Waals surface area contributed by atoms with Crippen molar-refractivity contribution in [3.05, 3.63) is 71.6 Å². The third-order valence-electron chi connectivity index (χ3n) is 4.01. The van der Waals surface area contributed by atoms with Crippen LogP contribution in [-0.4, -0.2) is 16.1 Å². The molecule has 0 N–H and O–H groups in total. The van der Waals surface area contributed by atoms with Crippen molar-refractivity contribution in [2.45, 2.75) is 32.0 Å². The maximum Gasteiger partial charge on any atom is 0.416 e. The van der Waals surface area contributed by atoms with Crippen LogP contribution < -0.4 is 0 Å². The highest BCUT2D eigenvalue weighted by Crippen LogP contribution is 2.31. The number of hydrogen-bond donors (Lipinski definition) is 0. The van der Waals surface area contributed by atoms with E-state index in [0.29, 0.717) is 6.42 Å². The van der Waals surface area contributed by atoms with Crippen molar-refractivity contribution in [3.8, 4) is 11.4 Å². The molecule has 3 rings (SSSR count). The number of benzene rings is 2. The molecular formula is C20H17F3N2O3. The van der Waals surface area contributed by atoms with Crippen molar-refractivity contribution in [1.29, 1.82) is 0 Å². The van der Waals surface area contributed by atoms with Gasteiger partial charge >= 0.3 is 12.1 Å². The molecular weight excluding hydrogens is 373 g/mol. The van der Waals surface area contributed by atoms with Gasteiger partial charge in [0.15, 0.2) is 6.10 Å². The Morgan fingerprint density at radius 1 is 1.14 bits per heavy atom. The summed E-state index contributed by atoms with van der Waals surface area (Å²) in [5.41, 5.74) is 0.362. The Balaban J connectivity index is 1.62. The third kappa shape index (κ3) is 4.97. The van der Waals surface area contributed by atoms with Gasteiger partial charge in [0, 0.05) is 12.0 Å². The molecule has 0 aliphatic carbocycles. The zero-order valence-electron chi connectivity index (χ0n) is 14.9. The first-order valence-electron chi connectivity index (χ1n) is 8.57. The number of nitrogens with zero attached hydrogens (tertiary/aromatic N) is 2. The van der Waals surface area contributed by atoms with Gasteiger partial charge in [0.1, 0.15) is 0 Å². The van der Waals surface area contributed by atoms with E-state index in [1.165, 1.54) is 12.1 Å². The molecule has 0 bridgehead atoms. The number of halogens is 3. The minimum Gasteiger partial charge on any atom is -0.453 e. The average molecular weight is 390 g/mol. The fourth-order valence-electron chi connectivity index (χ4n) is 2.55. The fraction of sp³-hybridized carbons (Fsp3) is 0.250. The molecule has 0 radical (unpaired) electrons. The molecule has 0 saturated heterocycles. The summed E-state index contributed by atoms with van der Waals surface area (Å²) < 4.78 is 48.8. The molecule has 0 amide bonds. The van der Waals surface area contributed by atoms with Crippen molar-refractivity contribution in [3.63, 3.8) is 0 Å². The highest BCUT2D eigenvalue weighted by Gasteiger charge is 2.31. The highest BCUT2D eigenvalue weighted by molar-refractivity contribution is 5.70. The molecule has 1 unspecified atom stereocenters. The number of aromatic nitrogens is 2. The Labute approximate surface area is 159 Å². The predicted molar refractivity (Wildman–Crippen MR) is 94.0 cm³/mol. The van der Waals surface area contributed by atoms with Gasteiger partial charge in [0.05, 0.1) is 5.56 Å². The first kappa shape index (κ1) is 19.6. The van der Waals surface area contributed by atoms with Crippen molar-refractivity contribution in [2.24, 2.45) is 0 Å². The number of esters is 1. The van der Waals surface area contributed by atoms with Gasteiger partial charge in [-0.2, -0.15) is 18.2 Å². The molecule has 2 aromatic carbocycles. The lowest BCUT2D eigenvalue weighted by atomic mass is 10.1. The zero-order valence-corrected chi connectivity index (χ0v) is 14.9. The Morgan fingerprint density at radius 2 is 1.89 bits per heavy atom. The largest absolute Gasteiger partial charge is 0.453 e. The van der Waals surface area contributed by atoms with Gasteiger partial charge in [-0.15, -0.1) is 0 Å². The summed E-state index contributed by atoms with van der Waals surface area (Å²) in [5.74, 6) is -0.427. The number of aryl methyl sites for hydroxylation is 1. The van der Waals surface area contributed by atoms with E-state index in [0.717, 1.165) is 17.7 Å². The molecule has 0 aliphatic rings. The quantitative estimate of drug-likeness (QED) is 0.555. The van der Waals surface area contributed by atoms with Crippen LogP contribution in [0.3, 0.4) is 0 Å². The summed E-state index contributed by atoms with van der Waals surface area (Å²) in [6.07, 6.45) is -4.56. The molecule has 1 aromatic heterocycles. The topological polar surface area (TPSA) is 65.2 Å². The standard InChI is InChI=1S/C20H17F3N2O3/c1-13(27-17(26)11-10-14-6-3-2-4-7-14)19-24-18(25-28-19)15-8-5-9-16(12-15)20(21,22)23/h2-9,12-13H,10-11H2,1H3. The highest BCUT2D eigenvalue weighted by atomic mass is 19.4.